The number of benzene rings is 2. The zero-order valence-corrected chi connectivity index (χ0v) is 23.2. The summed E-state index contributed by atoms with van der Waals surface area (Å²) < 4.78 is 40.9. The van der Waals surface area contributed by atoms with Crippen molar-refractivity contribution in [1.82, 2.24) is 14.7 Å². The number of amides is 3. The number of alkyl halides is 3. The van der Waals surface area contributed by atoms with Crippen LogP contribution < -0.4 is 10.6 Å². The number of hydrogen-bond donors (Lipinski definition) is 2. The minimum Gasteiger partial charge on any atom is -0.315 e. The maximum absolute atomic E-state index is 13.2. The first-order valence-electron chi connectivity index (χ1n) is 12.7. The molecule has 7 nitrogen and oxygen atoms in total. The largest absolute Gasteiger partial charge is 0.416 e. The Morgan fingerprint density at radius 1 is 1.00 bits per heavy atom. The molecule has 0 aliphatic rings. The summed E-state index contributed by atoms with van der Waals surface area (Å²) in [6, 6.07) is 12.5. The monoisotopic (exact) mass is 563 g/mol. The summed E-state index contributed by atoms with van der Waals surface area (Å²) in [6.07, 6.45) is -2.20. The topological polar surface area (TPSA) is 79.3 Å². The number of hydrogen-bond acceptors (Lipinski definition) is 3. The van der Waals surface area contributed by atoms with Crippen LogP contribution in [0, 0.1) is 0 Å². The van der Waals surface area contributed by atoms with Crippen molar-refractivity contribution in [3.05, 3.63) is 70.9 Å². The van der Waals surface area contributed by atoms with Gasteiger partial charge in [-0.25, -0.2) is 9.48 Å². The molecule has 1 heterocycles. The summed E-state index contributed by atoms with van der Waals surface area (Å²) in [7, 11) is 0. The molecule has 0 saturated heterocycles. The molecule has 2 aromatic carbocycles. The SMILES string of the molecule is CCCCCN(CC(=O)Nc1cc(C(C)(C)C)nn1-c1ccccc1Cl)C(=O)Nc1cccc(C(F)(F)F)c1. The maximum atomic E-state index is 13.2. The fraction of sp³-hybridized carbons (Fsp3) is 0.393. The number of anilines is 2. The lowest BCUT2D eigenvalue weighted by molar-refractivity contribution is -0.137. The van der Waals surface area contributed by atoms with E-state index in [2.05, 4.69) is 15.7 Å². The Bertz CT molecular complexity index is 1300. The first-order valence-corrected chi connectivity index (χ1v) is 13.1. The summed E-state index contributed by atoms with van der Waals surface area (Å²) in [5.74, 6) is -0.107. The van der Waals surface area contributed by atoms with Crippen molar-refractivity contribution >= 4 is 35.0 Å². The lowest BCUT2D eigenvalue weighted by atomic mass is 9.92. The Kier molecular flexibility index (Phi) is 9.66. The summed E-state index contributed by atoms with van der Waals surface area (Å²) >= 11 is 6.40. The first-order chi connectivity index (χ1) is 18.3. The highest BCUT2D eigenvalue weighted by molar-refractivity contribution is 6.32. The Hall–Kier alpha value is -3.53. The minimum atomic E-state index is -4.54. The molecule has 3 rings (SSSR count). The van der Waals surface area contributed by atoms with Crippen LogP contribution in [0.25, 0.3) is 5.69 Å². The number of carbonyl (C=O) groups is 2. The number of nitrogens with zero attached hydrogens (tertiary/aromatic N) is 3. The second-order valence-corrected chi connectivity index (χ2v) is 10.6. The third-order valence-electron chi connectivity index (χ3n) is 5.92. The van der Waals surface area contributed by atoms with Gasteiger partial charge in [-0.2, -0.15) is 18.3 Å². The smallest absolute Gasteiger partial charge is 0.315 e. The molecule has 2 N–H and O–H groups in total. The molecule has 39 heavy (non-hydrogen) atoms. The number of unbranched alkanes of at least 4 members (excludes halogenated alkanes) is 2. The predicted octanol–water partition coefficient (Wildman–Crippen LogP) is 7.50. The zero-order chi connectivity index (χ0) is 28.8. The number of aromatic nitrogens is 2. The average molecular weight is 564 g/mol. The van der Waals surface area contributed by atoms with Crippen LogP contribution in [0.15, 0.2) is 54.6 Å². The minimum absolute atomic E-state index is 0.0117. The van der Waals surface area contributed by atoms with Crippen molar-refractivity contribution < 1.29 is 22.8 Å². The summed E-state index contributed by atoms with van der Waals surface area (Å²) in [5.41, 5.74) is 0.0931. The molecule has 3 aromatic rings. The molecule has 0 fully saturated rings. The molecule has 3 amide bonds. The van der Waals surface area contributed by atoms with Crippen LogP contribution in [-0.2, 0) is 16.4 Å². The molecule has 0 atom stereocenters. The third-order valence-corrected chi connectivity index (χ3v) is 6.24. The average Bonchev–Trinajstić information content (AvgIpc) is 3.27. The van der Waals surface area contributed by atoms with Gasteiger partial charge in [-0.1, -0.05) is 70.3 Å². The van der Waals surface area contributed by atoms with Crippen LogP contribution >= 0.6 is 11.6 Å². The van der Waals surface area contributed by atoms with Gasteiger partial charge in [-0.05, 0) is 36.8 Å². The van der Waals surface area contributed by atoms with Crippen LogP contribution in [0.5, 0.6) is 0 Å². The number of carbonyl (C=O) groups excluding carboxylic acids is 2. The number of nitrogens with one attached hydrogen (secondary N) is 2. The van der Waals surface area contributed by atoms with E-state index < -0.39 is 23.7 Å². The molecule has 0 aliphatic heterocycles. The normalized spacial score (nSPS) is 11.8. The van der Waals surface area contributed by atoms with E-state index in [1.165, 1.54) is 17.0 Å². The van der Waals surface area contributed by atoms with Crippen molar-refractivity contribution in [1.29, 1.82) is 0 Å². The molecule has 0 aliphatic carbocycles. The van der Waals surface area contributed by atoms with Crippen molar-refractivity contribution in [3.8, 4) is 5.69 Å². The van der Waals surface area contributed by atoms with Crippen LogP contribution in [0.3, 0.4) is 0 Å². The molecule has 0 saturated carbocycles. The van der Waals surface area contributed by atoms with Crippen LogP contribution in [0.1, 0.15) is 58.2 Å². The van der Waals surface area contributed by atoms with Crippen molar-refractivity contribution in [3.63, 3.8) is 0 Å². The first kappa shape index (κ1) is 30.0. The Morgan fingerprint density at radius 3 is 2.36 bits per heavy atom. The summed E-state index contributed by atoms with van der Waals surface area (Å²) in [6.45, 7) is 7.92. The summed E-state index contributed by atoms with van der Waals surface area (Å²) in [5, 5.41) is 10.4. The highest BCUT2D eigenvalue weighted by Crippen LogP contribution is 2.31. The molecule has 0 spiro atoms. The zero-order valence-electron chi connectivity index (χ0n) is 22.4. The van der Waals surface area contributed by atoms with Gasteiger partial charge in [0.05, 0.1) is 22.0 Å². The number of urea groups is 1. The third kappa shape index (κ3) is 8.23. The van der Waals surface area contributed by atoms with Crippen LogP contribution in [0.2, 0.25) is 5.02 Å². The van der Waals surface area contributed by atoms with E-state index in [9.17, 15) is 22.8 Å². The number of halogens is 4. The molecule has 0 bridgehead atoms. The quantitative estimate of drug-likeness (QED) is 0.264. The molecular weight excluding hydrogens is 531 g/mol. The second kappa shape index (κ2) is 12.5. The Balaban J connectivity index is 1.82. The van der Waals surface area contributed by atoms with Gasteiger partial charge in [0.1, 0.15) is 12.4 Å². The Labute approximate surface area is 231 Å². The maximum Gasteiger partial charge on any atom is 0.416 e. The lowest BCUT2D eigenvalue weighted by Crippen LogP contribution is -2.41. The Morgan fingerprint density at radius 2 is 1.72 bits per heavy atom. The fourth-order valence-corrected chi connectivity index (χ4v) is 4.00. The van der Waals surface area contributed by atoms with Gasteiger partial charge in [0.15, 0.2) is 0 Å². The van der Waals surface area contributed by atoms with Crippen molar-refractivity contribution in [2.45, 2.75) is 58.5 Å². The van der Waals surface area contributed by atoms with Gasteiger partial charge in [-0.3, -0.25) is 4.79 Å². The van der Waals surface area contributed by atoms with Gasteiger partial charge in [0, 0.05) is 23.7 Å². The van der Waals surface area contributed by atoms with Crippen molar-refractivity contribution in [2.75, 3.05) is 23.7 Å². The van der Waals surface area contributed by atoms with E-state index >= 15 is 0 Å². The lowest BCUT2D eigenvalue weighted by Gasteiger charge is -2.23. The fourth-order valence-electron chi connectivity index (χ4n) is 3.78. The van der Waals surface area contributed by atoms with Gasteiger partial charge in [0.25, 0.3) is 0 Å². The van der Waals surface area contributed by atoms with E-state index in [0.29, 0.717) is 22.9 Å². The van der Waals surface area contributed by atoms with E-state index in [4.69, 9.17) is 11.6 Å². The van der Waals surface area contributed by atoms with Crippen LogP contribution in [-0.4, -0.2) is 39.7 Å². The van der Waals surface area contributed by atoms with E-state index in [-0.39, 0.29) is 24.2 Å². The van der Waals surface area contributed by atoms with E-state index in [1.807, 2.05) is 27.7 Å². The van der Waals surface area contributed by atoms with E-state index in [1.54, 1.807) is 35.0 Å². The van der Waals surface area contributed by atoms with Crippen molar-refractivity contribution in [2.24, 2.45) is 0 Å². The number of para-hydroxylation sites is 1. The summed E-state index contributed by atoms with van der Waals surface area (Å²) in [4.78, 5) is 27.5. The predicted molar refractivity (Wildman–Crippen MR) is 147 cm³/mol. The molecular formula is C28H33ClF3N5O2. The molecule has 1 aromatic heterocycles. The molecule has 0 unspecified atom stereocenters. The molecule has 0 radical (unpaired) electrons. The van der Waals surface area contributed by atoms with Gasteiger partial charge in [-0.15, -0.1) is 0 Å². The molecule has 11 heteroatoms. The van der Waals surface area contributed by atoms with Crippen LogP contribution in [0.4, 0.5) is 29.5 Å². The van der Waals surface area contributed by atoms with Gasteiger partial charge < -0.3 is 15.5 Å². The highest BCUT2D eigenvalue weighted by atomic mass is 35.5. The standard InChI is InChI=1S/C28H33ClF3N5O2/c1-5-6-9-15-36(26(39)33-20-12-10-11-19(16-20)28(30,31)32)18-25(38)34-24-17-23(27(2,3)4)35-37(24)22-14-8-7-13-21(22)29/h7-8,10-14,16-17H,5-6,9,15,18H2,1-4H3,(H,33,39)(H,34,38). The van der Waals surface area contributed by atoms with Gasteiger partial charge in [0.2, 0.25) is 5.91 Å². The molecule has 210 valence electrons. The second-order valence-electron chi connectivity index (χ2n) is 10.2. The highest BCUT2D eigenvalue weighted by Gasteiger charge is 2.31. The van der Waals surface area contributed by atoms with Gasteiger partial charge >= 0.3 is 12.2 Å². The number of rotatable bonds is 9. The van der Waals surface area contributed by atoms with E-state index in [0.717, 1.165) is 30.7 Å².